The van der Waals surface area contributed by atoms with E-state index in [1.807, 2.05) is 48.7 Å². The number of para-hydroxylation sites is 1. The summed E-state index contributed by atoms with van der Waals surface area (Å²) >= 11 is 0. The molecule has 0 aliphatic carbocycles. The van der Waals surface area contributed by atoms with Crippen molar-refractivity contribution in [2.24, 2.45) is 0 Å². The molecule has 40 heavy (non-hydrogen) atoms. The van der Waals surface area contributed by atoms with Gasteiger partial charge in [-0.05, 0) is 42.0 Å². The first-order valence-electron chi connectivity index (χ1n) is 13.1. The van der Waals surface area contributed by atoms with Gasteiger partial charge in [-0.25, -0.2) is 14.4 Å². The van der Waals surface area contributed by atoms with Crippen LogP contribution in [-0.4, -0.2) is 64.9 Å². The van der Waals surface area contributed by atoms with Gasteiger partial charge in [0.05, 0.1) is 26.2 Å². The maximum absolute atomic E-state index is 14.3. The second-order valence-corrected chi connectivity index (χ2v) is 9.51. The van der Waals surface area contributed by atoms with Crippen molar-refractivity contribution in [3.05, 3.63) is 84.0 Å². The molecule has 11 heteroatoms. The van der Waals surface area contributed by atoms with Gasteiger partial charge in [0.15, 0.2) is 22.9 Å². The zero-order valence-electron chi connectivity index (χ0n) is 22.4. The molecule has 5 aromatic rings. The number of anilines is 2. The SMILES string of the molecule is COc1ccc(CNc2ncc(CN3CCN(c4ccccc4F)CC3)c3nc(-c4ccco4)nn23)cc1OC. The van der Waals surface area contributed by atoms with Crippen LogP contribution < -0.4 is 19.7 Å². The van der Waals surface area contributed by atoms with Crippen LogP contribution in [0.1, 0.15) is 11.1 Å². The third-order valence-electron chi connectivity index (χ3n) is 7.04. The molecule has 0 amide bonds. The Balaban J connectivity index is 1.23. The Morgan fingerprint density at radius 1 is 0.975 bits per heavy atom. The number of hydrogen-bond acceptors (Lipinski definition) is 9. The van der Waals surface area contributed by atoms with Gasteiger partial charge in [0.2, 0.25) is 11.8 Å². The van der Waals surface area contributed by atoms with Gasteiger partial charge in [-0.15, -0.1) is 5.10 Å². The standard InChI is InChI=1S/C29H30FN7O3/c1-38-24-10-9-20(16-26(24)39-2)17-31-29-32-18-21(28-33-27(34-37(28)29)25-8-5-15-40-25)19-35-11-13-36(14-12-35)23-7-4-3-6-22(23)30/h3-10,15-16,18H,11-14,17,19H2,1-2H3,(H,31,32). The number of nitrogens with one attached hydrogen (secondary N) is 1. The van der Waals surface area contributed by atoms with E-state index in [0.717, 1.165) is 37.3 Å². The molecule has 0 bridgehead atoms. The highest BCUT2D eigenvalue weighted by Gasteiger charge is 2.22. The van der Waals surface area contributed by atoms with E-state index in [0.29, 0.717) is 53.5 Å². The number of halogens is 1. The summed E-state index contributed by atoms with van der Waals surface area (Å²) in [5.74, 6) is 2.77. The van der Waals surface area contributed by atoms with Gasteiger partial charge in [-0.2, -0.15) is 4.52 Å². The Hall–Kier alpha value is -4.64. The summed E-state index contributed by atoms with van der Waals surface area (Å²) in [7, 11) is 3.23. The summed E-state index contributed by atoms with van der Waals surface area (Å²) in [6.45, 7) is 4.20. The molecular formula is C29H30FN7O3. The third kappa shape index (κ3) is 5.15. The first kappa shape index (κ1) is 25.6. The summed E-state index contributed by atoms with van der Waals surface area (Å²) in [6, 6.07) is 16.3. The Bertz CT molecular complexity index is 1600. The minimum atomic E-state index is -0.188. The number of rotatable bonds is 9. The fourth-order valence-corrected chi connectivity index (χ4v) is 4.93. The second-order valence-electron chi connectivity index (χ2n) is 9.51. The summed E-state index contributed by atoms with van der Waals surface area (Å²) in [5.41, 5.74) is 3.29. The molecule has 4 heterocycles. The summed E-state index contributed by atoms with van der Waals surface area (Å²) in [4.78, 5) is 13.9. The lowest BCUT2D eigenvalue weighted by molar-refractivity contribution is 0.249. The van der Waals surface area contributed by atoms with Crippen molar-refractivity contribution < 1.29 is 18.3 Å². The van der Waals surface area contributed by atoms with Crippen LogP contribution in [0.15, 0.2) is 71.5 Å². The van der Waals surface area contributed by atoms with Gasteiger partial charge in [0.1, 0.15) is 5.82 Å². The molecule has 0 unspecified atom stereocenters. The quantitative estimate of drug-likeness (QED) is 0.289. The summed E-state index contributed by atoms with van der Waals surface area (Å²) in [6.07, 6.45) is 3.45. The van der Waals surface area contributed by atoms with Crippen LogP contribution in [0.4, 0.5) is 16.0 Å². The Kier molecular flexibility index (Phi) is 7.19. The fraction of sp³-hybridized carbons (Fsp3) is 0.276. The van der Waals surface area contributed by atoms with E-state index in [-0.39, 0.29) is 5.82 Å². The highest BCUT2D eigenvalue weighted by Crippen LogP contribution is 2.28. The summed E-state index contributed by atoms with van der Waals surface area (Å²) < 4.78 is 32.4. The van der Waals surface area contributed by atoms with E-state index in [4.69, 9.17) is 29.0 Å². The first-order chi connectivity index (χ1) is 19.6. The van der Waals surface area contributed by atoms with Crippen molar-refractivity contribution in [3.8, 4) is 23.1 Å². The third-order valence-corrected chi connectivity index (χ3v) is 7.04. The Morgan fingerprint density at radius 3 is 2.55 bits per heavy atom. The number of aromatic nitrogens is 4. The van der Waals surface area contributed by atoms with Crippen molar-refractivity contribution in [1.29, 1.82) is 0 Å². The molecule has 0 saturated carbocycles. The Labute approximate surface area is 231 Å². The van der Waals surface area contributed by atoms with Gasteiger partial charge in [0.25, 0.3) is 0 Å². The van der Waals surface area contributed by atoms with Crippen molar-refractivity contribution in [1.82, 2.24) is 24.5 Å². The molecule has 1 N–H and O–H groups in total. The van der Waals surface area contributed by atoms with Crippen LogP contribution in [0.5, 0.6) is 11.5 Å². The molecule has 0 spiro atoms. The number of furan rings is 1. The number of benzene rings is 2. The van der Waals surface area contributed by atoms with Crippen molar-refractivity contribution in [2.75, 3.05) is 50.6 Å². The van der Waals surface area contributed by atoms with Crippen LogP contribution in [0.3, 0.4) is 0 Å². The molecule has 0 atom stereocenters. The maximum Gasteiger partial charge on any atom is 0.226 e. The second kappa shape index (κ2) is 11.2. The van der Waals surface area contributed by atoms with E-state index in [1.54, 1.807) is 31.1 Å². The molecule has 3 aromatic heterocycles. The lowest BCUT2D eigenvalue weighted by Crippen LogP contribution is -2.46. The van der Waals surface area contributed by atoms with Crippen LogP contribution >= 0.6 is 0 Å². The highest BCUT2D eigenvalue weighted by molar-refractivity contribution is 5.58. The van der Waals surface area contributed by atoms with Crippen molar-refractivity contribution >= 4 is 17.3 Å². The normalized spacial score (nSPS) is 14.0. The monoisotopic (exact) mass is 543 g/mol. The molecule has 2 aromatic carbocycles. The number of piperazine rings is 1. The van der Waals surface area contributed by atoms with E-state index in [1.165, 1.54) is 6.07 Å². The van der Waals surface area contributed by atoms with Gasteiger partial charge in [-0.1, -0.05) is 18.2 Å². The van der Waals surface area contributed by atoms with E-state index < -0.39 is 0 Å². The van der Waals surface area contributed by atoms with Gasteiger partial charge in [0, 0.05) is 51.0 Å². The molecule has 0 radical (unpaired) electrons. The molecule has 1 aliphatic rings. The average molecular weight is 544 g/mol. The zero-order chi connectivity index (χ0) is 27.5. The molecular weight excluding hydrogens is 513 g/mol. The van der Waals surface area contributed by atoms with Crippen LogP contribution in [0.25, 0.3) is 17.2 Å². The average Bonchev–Trinajstić information content (AvgIpc) is 3.68. The number of nitrogens with zero attached hydrogens (tertiary/aromatic N) is 6. The van der Waals surface area contributed by atoms with Crippen molar-refractivity contribution in [3.63, 3.8) is 0 Å². The van der Waals surface area contributed by atoms with Gasteiger partial charge in [-0.3, -0.25) is 4.90 Å². The Morgan fingerprint density at radius 2 is 1.80 bits per heavy atom. The zero-order valence-corrected chi connectivity index (χ0v) is 22.4. The molecule has 10 nitrogen and oxygen atoms in total. The fourth-order valence-electron chi connectivity index (χ4n) is 4.93. The molecule has 1 fully saturated rings. The highest BCUT2D eigenvalue weighted by atomic mass is 19.1. The van der Waals surface area contributed by atoms with E-state index in [2.05, 4.69) is 15.1 Å². The lowest BCUT2D eigenvalue weighted by atomic mass is 10.2. The molecule has 6 rings (SSSR count). The minimum absolute atomic E-state index is 0.188. The van der Waals surface area contributed by atoms with E-state index in [9.17, 15) is 4.39 Å². The van der Waals surface area contributed by atoms with Crippen LogP contribution in [0, 0.1) is 5.82 Å². The minimum Gasteiger partial charge on any atom is -0.493 e. The number of ether oxygens (including phenoxy) is 2. The predicted molar refractivity (Wildman–Crippen MR) is 149 cm³/mol. The van der Waals surface area contributed by atoms with Gasteiger partial charge < -0.3 is 24.1 Å². The molecule has 206 valence electrons. The number of fused-ring (bicyclic) bond motifs is 1. The first-order valence-corrected chi connectivity index (χ1v) is 13.1. The smallest absolute Gasteiger partial charge is 0.226 e. The molecule has 1 saturated heterocycles. The predicted octanol–water partition coefficient (Wildman–Crippen LogP) is 4.47. The topological polar surface area (TPSA) is 93.2 Å². The van der Waals surface area contributed by atoms with Crippen molar-refractivity contribution in [2.45, 2.75) is 13.1 Å². The number of methoxy groups -OCH3 is 2. The number of hydrogen-bond donors (Lipinski definition) is 1. The van der Waals surface area contributed by atoms with Gasteiger partial charge >= 0.3 is 0 Å². The van der Waals surface area contributed by atoms with Crippen LogP contribution in [-0.2, 0) is 13.1 Å². The largest absolute Gasteiger partial charge is 0.493 e. The summed E-state index contributed by atoms with van der Waals surface area (Å²) in [5, 5.41) is 8.10. The van der Waals surface area contributed by atoms with Crippen LogP contribution in [0.2, 0.25) is 0 Å². The van der Waals surface area contributed by atoms with E-state index >= 15 is 0 Å². The lowest BCUT2D eigenvalue weighted by Gasteiger charge is -2.36. The molecule has 1 aliphatic heterocycles. The maximum atomic E-state index is 14.3.